The zero-order chi connectivity index (χ0) is 11.5. The first kappa shape index (κ1) is 11.1. The van der Waals surface area contributed by atoms with Crippen molar-refractivity contribution >= 4 is 17.6 Å². The molecule has 4 heteroatoms. The van der Waals surface area contributed by atoms with Crippen molar-refractivity contribution in [2.75, 3.05) is 11.5 Å². The highest BCUT2D eigenvalue weighted by Gasteiger charge is 2.08. The Morgan fingerprint density at radius 2 is 2.00 bits per heavy atom. The van der Waals surface area contributed by atoms with Crippen LogP contribution < -0.4 is 5.73 Å². The molecule has 1 aromatic heterocycles. The second kappa shape index (κ2) is 4.61. The summed E-state index contributed by atoms with van der Waals surface area (Å²) in [6, 6.07) is 8.17. The molecule has 0 aliphatic rings. The van der Waals surface area contributed by atoms with Gasteiger partial charge in [-0.05, 0) is 24.8 Å². The molecule has 0 aliphatic carbocycles. The monoisotopic (exact) mass is 233 g/mol. The molecule has 0 radical (unpaired) electrons. The largest absolute Gasteiger partial charge is 0.383 e. The number of aromatic nitrogens is 2. The van der Waals surface area contributed by atoms with E-state index in [1.54, 1.807) is 16.4 Å². The minimum atomic E-state index is 0.718. The predicted molar refractivity (Wildman–Crippen MR) is 69.1 cm³/mol. The smallest absolute Gasteiger partial charge is 0.140 e. The number of thioether (sulfide) groups is 1. The third kappa shape index (κ3) is 2.07. The Labute approximate surface area is 99.7 Å². The molecular formula is C12H15N3S. The minimum absolute atomic E-state index is 0.718. The van der Waals surface area contributed by atoms with Gasteiger partial charge in [-0.25, -0.2) is 4.68 Å². The average molecular weight is 233 g/mol. The number of nitrogen functional groups attached to an aromatic ring is 1. The standard InChI is InChI=1S/C12H15N3S/c1-3-16-11-8-14-15(12(11)13)10-6-4-9(2)5-7-10/h4-8H,3,13H2,1-2H3. The molecule has 1 heterocycles. The maximum Gasteiger partial charge on any atom is 0.140 e. The number of nitrogens with two attached hydrogens (primary N) is 1. The van der Waals surface area contributed by atoms with Gasteiger partial charge < -0.3 is 5.73 Å². The Bertz CT molecular complexity index is 474. The fourth-order valence-corrected chi connectivity index (χ4v) is 2.17. The predicted octanol–water partition coefficient (Wildman–Crippen LogP) is 2.87. The molecular weight excluding hydrogens is 218 g/mol. The first-order valence-electron chi connectivity index (χ1n) is 5.25. The second-order valence-corrected chi connectivity index (χ2v) is 4.88. The lowest BCUT2D eigenvalue weighted by atomic mass is 10.2. The molecule has 0 saturated heterocycles. The normalized spacial score (nSPS) is 10.6. The molecule has 2 aromatic rings. The van der Waals surface area contributed by atoms with E-state index in [9.17, 15) is 0 Å². The average Bonchev–Trinajstić information content (AvgIpc) is 2.63. The van der Waals surface area contributed by atoms with Crippen molar-refractivity contribution in [1.82, 2.24) is 9.78 Å². The van der Waals surface area contributed by atoms with Crippen molar-refractivity contribution in [3.63, 3.8) is 0 Å². The quantitative estimate of drug-likeness (QED) is 0.829. The van der Waals surface area contributed by atoms with E-state index >= 15 is 0 Å². The molecule has 16 heavy (non-hydrogen) atoms. The van der Waals surface area contributed by atoms with Crippen LogP contribution in [0, 0.1) is 6.92 Å². The molecule has 1 aromatic carbocycles. The van der Waals surface area contributed by atoms with Gasteiger partial charge in [0.15, 0.2) is 0 Å². The van der Waals surface area contributed by atoms with Gasteiger partial charge in [0.05, 0.1) is 16.8 Å². The molecule has 0 amide bonds. The van der Waals surface area contributed by atoms with Crippen molar-refractivity contribution < 1.29 is 0 Å². The van der Waals surface area contributed by atoms with Crippen molar-refractivity contribution in [2.24, 2.45) is 0 Å². The van der Waals surface area contributed by atoms with Crippen LogP contribution in [0.15, 0.2) is 35.4 Å². The Balaban J connectivity index is 2.37. The third-order valence-electron chi connectivity index (χ3n) is 2.35. The van der Waals surface area contributed by atoms with Crippen molar-refractivity contribution in [3.05, 3.63) is 36.0 Å². The van der Waals surface area contributed by atoms with E-state index in [2.05, 4.69) is 31.1 Å². The molecule has 3 nitrogen and oxygen atoms in total. The molecule has 0 bridgehead atoms. The summed E-state index contributed by atoms with van der Waals surface area (Å²) in [4.78, 5) is 1.04. The second-order valence-electron chi connectivity index (χ2n) is 3.57. The Morgan fingerprint density at radius 3 is 2.62 bits per heavy atom. The van der Waals surface area contributed by atoms with E-state index < -0.39 is 0 Å². The molecule has 0 saturated carbocycles. The molecule has 0 fully saturated rings. The number of hydrogen-bond acceptors (Lipinski definition) is 3. The van der Waals surface area contributed by atoms with E-state index in [-0.39, 0.29) is 0 Å². The van der Waals surface area contributed by atoms with Gasteiger partial charge in [-0.3, -0.25) is 0 Å². The first-order valence-corrected chi connectivity index (χ1v) is 6.24. The zero-order valence-corrected chi connectivity index (χ0v) is 10.3. The van der Waals surface area contributed by atoms with Crippen LogP contribution in [-0.4, -0.2) is 15.5 Å². The van der Waals surface area contributed by atoms with Gasteiger partial charge in [0, 0.05) is 0 Å². The summed E-state index contributed by atoms with van der Waals surface area (Å²) < 4.78 is 1.78. The fraction of sp³-hybridized carbons (Fsp3) is 0.250. The molecule has 2 rings (SSSR count). The highest BCUT2D eigenvalue weighted by molar-refractivity contribution is 7.99. The number of hydrogen-bond donors (Lipinski definition) is 1. The minimum Gasteiger partial charge on any atom is -0.383 e. The van der Waals surface area contributed by atoms with Gasteiger partial charge in [-0.15, -0.1) is 11.8 Å². The lowest BCUT2D eigenvalue weighted by molar-refractivity contribution is 0.890. The summed E-state index contributed by atoms with van der Waals surface area (Å²) in [6.07, 6.45) is 1.82. The van der Waals surface area contributed by atoms with E-state index in [0.717, 1.165) is 22.2 Å². The summed E-state index contributed by atoms with van der Waals surface area (Å²) in [6.45, 7) is 4.17. The summed E-state index contributed by atoms with van der Waals surface area (Å²) in [5, 5.41) is 4.31. The Hall–Kier alpha value is -1.42. The number of benzene rings is 1. The molecule has 0 atom stereocenters. The van der Waals surface area contributed by atoms with Crippen LogP contribution in [-0.2, 0) is 0 Å². The van der Waals surface area contributed by atoms with E-state index in [0.29, 0.717) is 0 Å². The van der Waals surface area contributed by atoms with Crippen LogP contribution in [0.25, 0.3) is 5.69 Å². The van der Waals surface area contributed by atoms with Crippen molar-refractivity contribution in [1.29, 1.82) is 0 Å². The van der Waals surface area contributed by atoms with E-state index in [1.165, 1.54) is 5.56 Å². The molecule has 0 spiro atoms. The van der Waals surface area contributed by atoms with Gasteiger partial charge in [-0.1, -0.05) is 24.6 Å². The SMILES string of the molecule is CCSc1cnn(-c2ccc(C)cc2)c1N. The van der Waals surface area contributed by atoms with Crippen LogP contribution in [0.4, 0.5) is 5.82 Å². The Kier molecular flexibility index (Phi) is 3.19. The maximum absolute atomic E-state index is 6.04. The third-order valence-corrected chi connectivity index (χ3v) is 3.26. The summed E-state index contributed by atoms with van der Waals surface area (Å²) in [7, 11) is 0. The molecule has 0 aliphatic heterocycles. The van der Waals surface area contributed by atoms with Crippen LogP contribution in [0.1, 0.15) is 12.5 Å². The molecule has 84 valence electrons. The summed E-state index contributed by atoms with van der Waals surface area (Å²) >= 11 is 1.71. The van der Waals surface area contributed by atoms with E-state index in [4.69, 9.17) is 5.73 Å². The first-order chi connectivity index (χ1) is 7.72. The lowest BCUT2D eigenvalue weighted by Gasteiger charge is -2.05. The van der Waals surface area contributed by atoms with Crippen LogP contribution in [0.3, 0.4) is 0 Å². The molecule has 2 N–H and O–H groups in total. The highest BCUT2D eigenvalue weighted by atomic mass is 32.2. The summed E-state index contributed by atoms with van der Waals surface area (Å²) in [5.41, 5.74) is 8.28. The number of anilines is 1. The van der Waals surface area contributed by atoms with Crippen molar-refractivity contribution in [2.45, 2.75) is 18.7 Å². The van der Waals surface area contributed by atoms with E-state index in [1.807, 2.05) is 18.3 Å². The van der Waals surface area contributed by atoms with Crippen LogP contribution >= 0.6 is 11.8 Å². The van der Waals surface area contributed by atoms with Crippen molar-refractivity contribution in [3.8, 4) is 5.69 Å². The topological polar surface area (TPSA) is 43.8 Å². The van der Waals surface area contributed by atoms with Gasteiger partial charge in [0.1, 0.15) is 5.82 Å². The summed E-state index contributed by atoms with van der Waals surface area (Å²) in [5.74, 6) is 1.72. The Morgan fingerprint density at radius 1 is 1.31 bits per heavy atom. The van der Waals surface area contributed by atoms with Gasteiger partial charge in [0.25, 0.3) is 0 Å². The van der Waals surface area contributed by atoms with Gasteiger partial charge in [0.2, 0.25) is 0 Å². The molecule has 0 unspecified atom stereocenters. The maximum atomic E-state index is 6.04. The highest BCUT2D eigenvalue weighted by Crippen LogP contribution is 2.26. The fourth-order valence-electron chi connectivity index (χ4n) is 1.50. The number of nitrogens with zero attached hydrogens (tertiary/aromatic N) is 2. The van der Waals surface area contributed by atoms with Crippen LogP contribution in [0.2, 0.25) is 0 Å². The zero-order valence-electron chi connectivity index (χ0n) is 9.47. The number of aryl methyl sites for hydroxylation is 1. The van der Waals surface area contributed by atoms with Crippen LogP contribution in [0.5, 0.6) is 0 Å². The van der Waals surface area contributed by atoms with Gasteiger partial charge >= 0.3 is 0 Å². The van der Waals surface area contributed by atoms with Gasteiger partial charge in [-0.2, -0.15) is 5.10 Å². The lowest BCUT2D eigenvalue weighted by Crippen LogP contribution is -2.01. The number of rotatable bonds is 3.